The molecule has 1 aromatic carbocycles. The van der Waals surface area contributed by atoms with Gasteiger partial charge in [-0.15, -0.1) is 0 Å². The monoisotopic (exact) mass is 359 g/mol. The van der Waals surface area contributed by atoms with Crippen LogP contribution in [-0.2, 0) is 11.3 Å². The van der Waals surface area contributed by atoms with Crippen molar-refractivity contribution in [2.75, 3.05) is 33.9 Å². The first-order valence-electron chi connectivity index (χ1n) is 9.65. The van der Waals surface area contributed by atoms with Gasteiger partial charge in [-0.2, -0.15) is 0 Å². The number of nitrogens with zero attached hydrogens (tertiary/aromatic N) is 1. The number of allylic oxidation sites excluding steroid dienone is 1. The maximum absolute atomic E-state index is 5.75. The molecular formula is C21H33N3O2. The van der Waals surface area contributed by atoms with E-state index in [-0.39, 0.29) is 0 Å². The third-order valence-corrected chi connectivity index (χ3v) is 4.47. The van der Waals surface area contributed by atoms with Gasteiger partial charge in [-0.05, 0) is 49.8 Å². The van der Waals surface area contributed by atoms with Crippen LogP contribution in [0, 0.1) is 0 Å². The number of nitrogens with one attached hydrogen (secondary N) is 2. The molecule has 0 aromatic heterocycles. The SMILES string of the molecule is CN=C(NCCC1=CCCCC1)NCc1cccc(OCCCOC)c1. The predicted octanol–water partition coefficient (Wildman–Crippen LogP) is 3.66. The zero-order valence-electron chi connectivity index (χ0n) is 16.2. The molecule has 0 saturated heterocycles. The lowest BCUT2D eigenvalue weighted by Crippen LogP contribution is -2.37. The van der Waals surface area contributed by atoms with E-state index >= 15 is 0 Å². The molecule has 2 N–H and O–H groups in total. The highest BCUT2D eigenvalue weighted by atomic mass is 16.5. The second-order valence-electron chi connectivity index (χ2n) is 6.55. The lowest BCUT2D eigenvalue weighted by molar-refractivity contribution is 0.172. The molecule has 0 radical (unpaired) electrons. The molecule has 0 unspecified atom stereocenters. The van der Waals surface area contributed by atoms with Gasteiger partial charge in [0.2, 0.25) is 0 Å². The van der Waals surface area contributed by atoms with Crippen LogP contribution in [0.1, 0.15) is 44.1 Å². The van der Waals surface area contributed by atoms with Crippen molar-refractivity contribution in [2.24, 2.45) is 4.99 Å². The highest BCUT2D eigenvalue weighted by Crippen LogP contribution is 2.19. The van der Waals surface area contributed by atoms with E-state index in [9.17, 15) is 0 Å². The summed E-state index contributed by atoms with van der Waals surface area (Å²) in [6.45, 7) is 3.04. The molecule has 0 saturated carbocycles. The normalized spacial score (nSPS) is 14.7. The number of rotatable bonds is 10. The number of benzene rings is 1. The van der Waals surface area contributed by atoms with Crippen LogP contribution in [0.4, 0.5) is 0 Å². The Bertz CT molecular complexity index is 584. The molecule has 0 bridgehead atoms. The summed E-state index contributed by atoms with van der Waals surface area (Å²) in [4.78, 5) is 4.31. The number of aliphatic imine (C=N–C) groups is 1. The first-order valence-corrected chi connectivity index (χ1v) is 9.65. The Morgan fingerprint density at radius 2 is 2.12 bits per heavy atom. The molecule has 0 fully saturated rings. The molecule has 0 spiro atoms. The van der Waals surface area contributed by atoms with Crippen molar-refractivity contribution < 1.29 is 9.47 Å². The van der Waals surface area contributed by atoms with Crippen molar-refractivity contribution in [1.82, 2.24) is 10.6 Å². The fraction of sp³-hybridized carbons (Fsp3) is 0.571. The highest BCUT2D eigenvalue weighted by molar-refractivity contribution is 5.79. The largest absolute Gasteiger partial charge is 0.493 e. The zero-order valence-corrected chi connectivity index (χ0v) is 16.2. The van der Waals surface area contributed by atoms with Crippen LogP contribution in [0.15, 0.2) is 40.9 Å². The van der Waals surface area contributed by atoms with Crippen LogP contribution >= 0.6 is 0 Å². The van der Waals surface area contributed by atoms with Gasteiger partial charge in [0.1, 0.15) is 5.75 Å². The Morgan fingerprint density at radius 3 is 2.88 bits per heavy atom. The van der Waals surface area contributed by atoms with E-state index in [1.807, 2.05) is 19.2 Å². The smallest absolute Gasteiger partial charge is 0.191 e. The number of ether oxygens (including phenoxy) is 2. The predicted molar refractivity (Wildman–Crippen MR) is 108 cm³/mol. The van der Waals surface area contributed by atoms with E-state index < -0.39 is 0 Å². The molecule has 1 aliphatic rings. The Balaban J connectivity index is 1.70. The van der Waals surface area contributed by atoms with E-state index in [4.69, 9.17) is 9.47 Å². The average molecular weight is 360 g/mol. The van der Waals surface area contributed by atoms with Crippen molar-refractivity contribution in [3.8, 4) is 5.75 Å². The molecule has 5 nitrogen and oxygen atoms in total. The molecule has 26 heavy (non-hydrogen) atoms. The fourth-order valence-corrected chi connectivity index (χ4v) is 3.02. The average Bonchev–Trinajstić information content (AvgIpc) is 2.69. The number of hydrogen-bond donors (Lipinski definition) is 2. The summed E-state index contributed by atoms with van der Waals surface area (Å²) in [5.41, 5.74) is 2.75. The summed E-state index contributed by atoms with van der Waals surface area (Å²) in [5, 5.41) is 6.77. The third kappa shape index (κ3) is 7.91. The lowest BCUT2D eigenvalue weighted by atomic mass is 9.97. The fourth-order valence-electron chi connectivity index (χ4n) is 3.02. The summed E-state index contributed by atoms with van der Waals surface area (Å²) in [5.74, 6) is 1.74. The lowest BCUT2D eigenvalue weighted by Gasteiger charge is -2.15. The molecule has 1 aromatic rings. The second-order valence-corrected chi connectivity index (χ2v) is 6.55. The van der Waals surface area contributed by atoms with Gasteiger partial charge < -0.3 is 20.1 Å². The van der Waals surface area contributed by atoms with E-state index in [0.717, 1.165) is 44.2 Å². The standard InChI is InChI=1S/C21H33N3O2/c1-22-21(23-13-12-18-8-4-3-5-9-18)24-17-19-10-6-11-20(16-19)26-15-7-14-25-2/h6,8,10-11,16H,3-5,7,9,12-15,17H2,1-2H3,(H2,22,23,24). The summed E-state index contributed by atoms with van der Waals surface area (Å²) >= 11 is 0. The van der Waals surface area contributed by atoms with Crippen molar-refractivity contribution in [3.05, 3.63) is 41.5 Å². The minimum Gasteiger partial charge on any atom is -0.493 e. The van der Waals surface area contributed by atoms with Crippen molar-refractivity contribution in [1.29, 1.82) is 0 Å². The molecule has 5 heteroatoms. The Kier molecular flexibility index (Phi) is 9.65. The van der Waals surface area contributed by atoms with Gasteiger partial charge in [0.15, 0.2) is 5.96 Å². The Morgan fingerprint density at radius 1 is 1.19 bits per heavy atom. The van der Waals surface area contributed by atoms with E-state index in [0.29, 0.717) is 6.61 Å². The molecular weight excluding hydrogens is 326 g/mol. The minimum atomic E-state index is 0.670. The molecule has 0 amide bonds. The van der Waals surface area contributed by atoms with Gasteiger partial charge in [0, 0.05) is 40.3 Å². The number of methoxy groups -OCH3 is 1. The topological polar surface area (TPSA) is 54.9 Å². The Hall–Kier alpha value is -2.01. The first-order chi connectivity index (χ1) is 12.8. The zero-order chi connectivity index (χ0) is 18.5. The maximum atomic E-state index is 5.75. The molecule has 0 atom stereocenters. The maximum Gasteiger partial charge on any atom is 0.191 e. The van der Waals surface area contributed by atoms with Crippen LogP contribution in [-0.4, -0.2) is 39.9 Å². The summed E-state index contributed by atoms with van der Waals surface area (Å²) in [7, 11) is 3.52. The van der Waals surface area contributed by atoms with Crippen molar-refractivity contribution >= 4 is 5.96 Å². The third-order valence-electron chi connectivity index (χ3n) is 4.47. The molecule has 2 rings (SSSR count). The van der Waals surface area contributed by atoms with Crippen LogP contribution < -0.4 is 15.4 Å². The minimum absolute atomic E-state index is 0.670. The van der Waals surface area contributed by atoms with Gasteiger partial charge in [0.05, 0.1) is 6.61 Å². The quantitative estimate of drug-likeness (QED) is 0.290. The summed E-state index contributed by atoms with van der Waals surface area (Å²) in [6, 6.07) is 8.17. The summed E-state index contributed by atoms with van der Waals surface area (Å²) in [6.07, 6.45) is 9.58. The van der Waals surface area contributed by atoms with Crippen LogP contribution in [0.2, 0.25) is 0 Å². The van der Waals surface area contributed by atoms with E-state index in [1.165, 1.54) is 31.2 Å². The van der Waals surface area contributed by atoms with Crippen molar-refractivity contribution in [2.45, 2.75) is 45.1 Å². The first kappa shape index (κ1) is 20.3. The van der Waals surface area contributed by atoms with Gasteiger partial charge in [0.25, 0.3) is 0 Å². The van der Waals surface area contributed by atoms with Crippen molar-refractivity contribution in [3.63, 3.8) is 0 Å². The van der Waals surface area contributed by atoms with Gasteiger partial charge in [-0.3, -0.25) is 4.99 Å². The molecule has 1 aliphatic carbocycles. The molecule has 0 aliphatic heterocycles. The van der Waals surface area contributed by atoms with Crippen LogP contribution in [0.5, 0.6) is 5.75 Å². The van der Waals surface area contributed by atoms with Gasteiger partial charge >= 0.3 is 0 Å². The van der Waals surface area contributed by atoms with Gasteiger partial charge in [-0.25, -0.2) is 0 Å². The second kappa shape index (κ2) is 12.4. The van der Waals surface area contributed by atoms with E-state index in [2.05, 4.69) is 33.8 Å². The Labute approximate surface area is 157 Å². The molecule has 144 valence electrons. The van der Waals surface area contributed by atoms with E-state index in [1.54, 1.807) is 12.7 Å². The van der Waals surface area contributed by atoms with Crippen LogP contribution in [0.3, 0.4) is 0 Å². The number of hydrogen-bond acceptors (Lipinski definition) is 3. The summed E-state index contributed by atoms with van der Waals surface area (Å²) < 4.78 is 10.8. The highest BCUT2D eigenvalue weighted by Gasteiger charge is 2.04. The van der Waals surface area contributed by atoms with Crippen LogP contribution in [0.25, 0.3) is 0 Å². The number of guanidine groups is 1. The van der Waals surface area contributed by atoms with Gasteiger partial charge in [-0.1, -0.05) is 23.8 Å². The molecule has 0 heterocycles.